The van der Waals surface area contributed by atoms with Crippen LogP contribution in [0, 0.1) is 0 Å². The molecule has 0 radical (unpaired) electrons. The van der Waals surface area contributed by atoms with Crippen molar-refractivity contribution in [2.75, 3.05) is 6.61 Å². The molecule has 0 aromatic carbocycles. The molecular weight excluding hydrogens is 531 g/mol. The van der Waals surface area contributed by atoms with Crippen LogP contribution >= 0.6 is 23.5 Å². The van der Waals surface area contributed by atoms with Crippen molar-refractivity contribution in [2.24, 2.45) is 5.73 Å². The quantitative estimate of drug-likeness (QED) is 0.119. The van der Waals surface area contributed by atoms with Gasteiger partial charge in [0.2, 0.25) is 0 Å². The van der Waals surface area contributed by atoms with Gasteiger partial charge in [-0.2, -0.15) is 0 Å². The Labute approximate surface area is 181 Å². The third-order valence-electron chi connectivity index (χ3n) is 2.81. The molecule has 33 heavy (non-hydrogen) atoms. The Bertz CT molecular complexity index is 915. The lowest BCUT2D eigenvalue weighted by molar-refractivity contribution is -0.107. The van der Waals surface area contributed by atoms with Crippen LogP contribution in [-0.2, 0) is 18.4 Å². The third-order valence-corrected chi connectivity index (χ3v) is 2.81. The molecule has 196 valence electrons. The van der Waals surface area contributed by atoms with Crippen molar-refractivity contribution >= 4 is 23.5 Å². The molecule has 0 spiro atoms. The van der Waals surface area contributed by atoms with E-state index in [0.717, 1.165) is 16.8 Å². The van der Waals surface area contributed by atoms with E-state index in [1.165, 1.54) is 0 Å². The van der Waals surface area contributed by atoms with Gasteiger partial charge >= 0.3 is 29.2 Å². The first-order chi connectivity index (χ1) is 14.4. The van der Waals surface area contributed by atoms with Gasteiger partial charge in [0.05, 0.1) is 6.61 Å². The van der Waals surface area contributed by atoms with Crippen molar-refractivity contribution in [2.45, 2.75) is 24.2 Å². The van der Waals surface area contributed by atoms with E-state index < -0.39 is 65.5 Å². The molecule has 0 unspecified atom stereocenters. The second-order valence-corrected chi connectivity index (χ2v) is 8.68. The smallest absolute Gasteiger partial charge is 0.394 e. The van der Waals surface area contributed by atoms with Crippen LogP contribution in [0.3, 0.4) is 0 Å². The molecule has 2 heterocycles. The number of hydrogen-bond donors (Lipinski definition) is 14. The van der Waals surface area contributed by atoms with E-state index in [1.807, 2.05) is 4.98 Å². The number of ether oxygens (including phenoxy) is 1. The fourth-order valence-corrected chi connectivity index (χ4v) is 1.84. The molecule has 0 amide bonds. The minimum atomic E-state index is -4.64. The number of rotatable bonds is 2. The molecule has 1 aromatic heterocycles. The number of H-pyrrole nitrogens is 1. The largest absolute Gasteiger partial charge is 0.466 e. The van der Waals surface area contributed by atoms with E-state index in [-0.39, 0.29) is 0 Å². The normalized spacial score (nSPS) is 24.9. The molecule has 15 N–H and O–H groups in total. The maximum absolute atomic E-state index is 11.5. The summed E-state index contributed by atoms with van der Waals surface area (Å²) >= 11 is 0. The van der Waals surface area contributed by atoms with Gasteiger partial charge < -0.3 is 64.1 Å². The minimum Gasteiger partial charge on any atom is -0.394 e. The van der Waals surface area contributed by atoms with E-state index in [0.29, 0.717) is 0 Å². The highest BCUT2D eigenvalue weighted by atomic mass is 31.2. The summed E-state index contributed by atoms with van der Waals surface area (Å²) in [7, 11) is -13.9. The van der Waals surface area contributed by atoms with Crippen molar-refractivity contribution in [1.82, 2.24) is 9.55 Å². The number of nitrogens with zero attached hydrogens (tertiary/aromatic N) is 1. The van der Waals surface area contributed by atoms with Gasteiger partial charge in [0.1, 0.15) is 12.2 Å². The van der Waals surface area contributed by atoms with E-state index in [9.17, 15) is 19.8 Å². The van der Waals surface area contributed by atoms with Crippen molar-refractivity contribution in [3.05, 3.63) is 33.1 Å². The third kappa shape index (κ3) is 17.9. The summed E-state index contributed by atoms with van der Waals surface area (Å²) in [5.74, 6) is 0. The van der Waals surface area contributed by atoms with Gasteiger partial charge in [0.15, 0.2) is 12.0 Å². The Balaban J connectivity index is 0. The van der Waals surface area contributed by atoms with Crippen LogP contribution in [-0.4, -0.2) is 93.5 Å². The fraction of sp³-hybridized carbons (Fsp3) is 0.556. The summed E-state index contributed by atoms with van der Waals surface area (Å²) < 4.78 is 32.6. The van der Waals surface area contributed by atoms with E-state index in [1.54, 1.807) is 0 Å². The number of aromatic nitrogens is 2. The van der Waals surface area contributed by atoms with Gasteiger partial charge in [-0.3, -0.25) is 20.1 Å². The minimum absolute atomic E-state index is 0.574. The first kappa shape index (κ1) is 34.0. The molecule has 1 aromatic rings. The predicted octanol–water partition coefficient (Wildman–Crippen LogP) is -6.35. The number of nitrogens with two attached hydrogens (primary N) is 1. The number of aromatic amines is 1. The number of aliphatic hydroxyl groups is 3. The van der Waals surface area contributed by atoms with Gasteiger partial charge in [-0.05, 0) is 0 Å². The SMILES string of the molecule is N[C@@]1(O)[C@H](O)[C@@H](CO)O[C@H]1n1ccc(=O)[nH]c1=O.O=P(O)(O)O.O=P(O)(O)O.O=P(O)(O)O. The molecule has 4 atom stereocenters. The molecule has 1 aliphatic rings. The second-order valence-electron chi connectivity index (χ2n) is 5.60. The topological polar surface area (TPSA) is 384 Å². The van der Waals surface area contributed by atoms with Crippen molar-refractivity contribution < 1.29 is 77.8 Å². The zero-order chi connectivity index (χ0) is 27.0. The Hall–Kier alpha value is -1.19. The summed E-state index contributed by atoms with van der Waals surface area (Å²) in [4.78, 5) is 89.1. The summed E-state index contributed by atoms with van der Waals surface area (Å²) in [5, 5.41) is 28.5. The molecule has 1 fully saturated rings. The Morgan fingerprint density at radius 1 is 0.970 bits per heavy atom. The first-order valence-electron chi connectivity index (χ1n) is 7.50. The maximum Gasteiger partial charge on any atom is 0.466 e. The molecular formula is C9H22N3O18P3. The lowest BCUT2D eigenvalue weighted by Gasteiger charge is -2.26. The van der Waals surface area contributed by atoms with Crippen LogP contribution in [0.15, 0.2) is 21.9 Å². The number of aliphatic hydroxyl groups excluding tert-OH is 2. The first-order valence-corrected chi connectivity index (χ1v) is 12.2. The second kappa shape index (κ2) is 13.0. The van der Waals surface area contributed by atoms with Crippen LogP contribution in [0.25, 0.3) is 0 Å². The molecule has 1 saturated heterocycles. The fourth-order valence-electron chi connectivity index (χ4n) is 1.84. The highest BCUT2D eigenvalue weighted by Gasteiger charge is 2.54. The number of phosphoric acid groups is 3. The Morgan fingerprint density at radius 3 is 1.61 bits per heavy atom. The molecule has 0 saturated carbocycles. The summed E-state index contributed by atoms with van der Waals surface area (Å²) in [6.45, 7) is -0.574. The highest BCUT2D eigenvalue weighted by molar-refractivity contribution is 7.45. The summed E-state index contributed by atoms with van der Waals surface area (Å²) in [6.07, 6.45) is -3.01. The average molecular weight is 553 g/mol. The van der Waals surface area contributed by atoms with Crippen LogP contribution < -0.4 is 17.0 Å². The van der Waals surface area contributed by atoms with E-state index >= 15 is 0 Å². The number of nitrogens with one attached hydrogen (secondary N) is 1. The zero-order valence-corrected chi connectivity index (χ0v) is 18.5. The highest BCUT2D eigenvalue weighted by Crippen LogP contribution is 2.33. The van der Waals surface area contributed by atoms with Crippen LogP contribution in [0.4, 0.5) is 0 Å². The molecule has 0 bridgehead atoms. The van der Waals surface area contributed by atoms with Crippen molar-refractivity contribution in [3.63, 3.8) is 0 Å². The Morgan fingerprint density at radius 2 is 1.33 bits per heavy atom. The van der Waals surface area contributed by atoms with Gasteiger partial charge in [-0.15, -0.1) is 0 Å². The van der Waals surface area contributed by atoms with Crippen LogP contribution in [0.1, 0.15) is 6.23 Å². The lowest BCUT2D eigenvalue weighted by Crippen LogP contribution is -2.56. The lowest BCUT2D eigenvalue weighted by atomic mass is 10.1. The van der Waals surface area contributed by atoms with Gasteiger partial charge in [-0.1, -0.05) is 0 Å². The molecule has 1 aliphatic heterocycles. The van der Waals surface area contributed by atoms with E-state index in [2.05, 4.69) is 0 Å². The van der Waals surface area contributed by atoms with Crippen LogP contribution in [0.5, 0.6) is 0 Å². The standard InChI is InChI=1S/C9H13N3O6.3H3O4P/c10-9(17)6(15)4(3-13)18-7(9)12-2-1-5(14)11-8(12)16;3*1-5(2,3)4/h1-2,4,6-7,13,15,17H,3,10H2,(H,11,14,16);3*(H3,1,2,3,4)/t4-,6-,7-,9-;;;/m1.../s1. The van der Waals surface area contributed by atoms with Gasteiger partial charge in [0, 0.05) is 12.3 Å². The molecule has 0 aliphatic carbocycles. The summed E-state index contributed by atoms with van der Waals surface area (Å²) in [5.41, 5.74) is 1.77. The van der Waals surface area contributed by atoms with Crippen molar-refractivity contribution in [1.29, 1.82) is 0 Å². The monoisotopic (exact) mass is 553 g/mol. The summed E-state index contributed by atoms with van der Waals surface area (Å²) in [6, 6.07) is 1.04. The Kier molecular flexibility index (Phi) is 13.4. The molecule has 24 heteroatoms. The molecule has 2 rings (SSSR count). The predicted molar refractivity (Wildman–Crippen MR) is 100 cm³/mol. The van der Waals surface area contributed by atoms with Crippen molar-refractivity contribution in [3.8, 4) is 0 Å². The zero-order valence-electron chi connectivity index (χ0n) is 15.8. The maximum atomic E-state index is 11.5. The number of hydrogen-bond acceptors (Lipinski definition) is 10. The average Bonchev–Trinajstić information content (AvgIpc) is 2.73. The van der Waals surface area contributed by atoms with Gasteiger partial charge in [0.25, 0.3) is 5.56 Å². The molecule has 21 nitrogen and oxygen atoms in total. The van der Waals surface area contributed by atoms with E-state index in [4.69, 9.17) is 73.3 Å². The van der Waals surface area contributed by atoms with Crippen LogP contribution in [0.2, 0.25) is 0 Å². The van der Waals surface area contributed by atoms with Gasteiger partial charge in [-0.25, -0.2) is 18.5 Å².